The Morgan fingerprint density at radius 2 is 1.89 bits per heavy atom. The molecule has 1 aliphatic heterocycles. The Morgan fingerprint density at radius 1 is 1.11 bits per heavy atom. The molecule has 1 amide bonds. The van der Waals surface area contributed by atoms with Gasteiger partial charge in [-0.25, -0.2) is 4.99 Å². The van der Waals surface area contributed by atoms with E-state index < -0.39 is 0 Å². The molecule has 2 aromatic carbocycles. The fourth-order valence-corrected chi connectivity index (χ4v) is 4.23. The summed E-state index contributed by atoms with van der Waals surface area (Å²) in [5.41, 5.74) is 3.01. The second kappa shape index (κ2) is 7.83. The highest BCUT2D eigenvalue weighted by Crippen LogP contribution is 2.32. The Balaban J connectivity index is 1.63. The van der Waals surface area contributed by atoms with Crippen molar-refractivity contribution in [2.45, 2.75) is 38.1 Å². The van der Waals surface area contributed by atoms with Gasteiger partial charge in [0.25, 0.3) is 5.91 Å². The van der Waals surface area contributed by atoms with Crippen molar-refractivity contribution in [2.75, 3.05) is 18.6 Å². The molecular formula is C22H24ClN3O. The number of carbonyl (C=O) groups excluding carboxylic acids is 1. The lowest BCUT2D eigenvalue weighted by Gasteiger charge is -2.34. The molecule has 0 unspecified atom stereocenters. The van der Waals surface area contributed by atoms with Crippen LogP contribution in [0.3, 0.4) is 0 Å². The number of hydrogen-bond acceptors (Lipinski definition) is 3. The number of aliphatic imine (C=N–C) groups is 1. The van der Waals surface area contributed by atoms with E-state index in [0.717, 1.165) is 11.3 Å². The SMILES string of the molecule is CN(CN1C(=O)C(=Nc2cccc(Cl)c2)c2ccccc21)C1CCCCC1. The molecule has 140 valence electrons. The van der Waals surface area contributed by atoms with Gasteiger partial charge in [0, 0.05) is 16.6 Å². The van der Waals surface area contributed by atoms with Crippen molar-refractivity contribution in [3.63, 3.8) is 0 Å². The monoisotopic (exact) mass is 381 g/mol. The molecule has 1 heterocycles. The summed E-state index contributed by atoms with van der Waals surface area (Å²) in [4.78, 5) is 22.0. The maximum atomic E-state index is 13.2. The molecular weight excluding hydrogens is 358 g/mol. The zero-order valence-corrected chi connectivity index (χ0v) is 16.3. The third-order valence-corrected chi connectivity index (χ3v) is 5.74. The Hall–Kier alpha value is -2.17. The topological polar surface area (TPSA) is 35.9 Å². The Bertz CT molecular complexity index is 873. The van der Waals surface area contributed by atoms with Gasteiger partial charge in [-0.3, -0.25) is 14.6 Å². The molecule has 2 aromatic rings. The van der Waals surface area contributed by atoms with E-state index in [-0.39, 0.29) is 5.91 Å². The van der Waals surface area contributed by atoms with Crippen molar-refractivity contribution in [3.05, 3.63) is 59.1 Å². The molecule has 0 aromatic heterocycles. The lowest BCUT2D eigenvalue weighted by Crippen LogP contribution is -2.44. The fourth-order valence-electron chi connectivity index (χ4n) is 4.05. The highest BCUT2D eigenvalue weighted by Gasteiger charge is 2.35. The minimum atomic E-state index is -0.0427. The first-order valence-electron chi connectivity index (χ1n) is 9.59. The second-order valence-corrected chi connectivity index (χ2v) is 7.82. The average molecular weight is 382 g/mol. The van der Waals surface area contributed by atoms with Crippen LogP contribution < -0.4 is 4.90 Å². The van der Waals surface area contributed by atoms with E-state index in [1.807, 2.05) is 41.3 Å². The van der Waals surface area contributed by atoms with E-state index in [1.165, 1.54) is 32.1 Å². The van der Waals surface area contributed by atoms with Gasteiger partial charge >= 0.3 is 0 Å². The number of rotatable bonds is 4. The summed E-state index contributed by atoms with van der Waals surface area (Å²) in [6, 6.07) is 15.7. The van der Waals surface area contributed by atoms with Gasteiger partial charge in [0.05, 0.1) is 18.0 Å². The number of fused-ring (bicyclic) bond motifs is 1. The van der Waals surface area contributed by atoms with Crippen molar-refractivity contribution in [2.24, 2.45) is 4.99 Å². The van der Waals surface area contributed by atoms with Crippen LogP contribution >= 0.6 is 11.6 Å². The summed E-state index contributed by atoms with van der Waals surface area (Å²) in [5, 5.41) is 0.615. The molecule has 1 saturated carbocycles. The van der Waals surface area contributed by atoms with E-state index in [0.29, 0.717) is 29.1 Å². The van der Waals surface area contributed by atoms with E-state index in [2.05, 4.69) is 16.9 Å². The standard InChI is InChI=1S/C22H24ClN3O/c1-25(18-10-3-2-4-11-18)15-26-20-13-6-5-12-19(20)21(22(26)27)24-17-9-7-8-16(23)14-17/h5-9,12-14,18H,2-4,10-11,15H2,1H3. The summed E-state index contributed by atoms with van der Waals surface area (Å²) in [5.74, 6) is -0.0427. The lowest BCUT2D eigenvalue weighted by molar-refractivity contribution is -0.112. The number of nitrogens with zero attached hydrogens (tertiary/aromatic N) is 3. The summed E-state index contributed by atoms with van der Waals surface area (Å²) >= 11 is 6.08. The summed E-state index contributed by atoms with van der Waals surface area (Å²) in [6.45, 7) is 0.592. The van der Waals surface area contributed by atoms with Crippen LogP contribution in [0.25, 0.3) is 0 Å². The molecule has 5 heteroatoms. The third kappa shape index (κ3) is 3.78. The summed E-state index contributed by atoms with van der Waals surface area (Å²) < 4.78 is 0. The van der Waals surface area contributed by atoms with Crippen LogP contribution in [0.4, 0.5) is 11.4 Å². The Morgan fingerprint density at radius 3 is 2.67 bits per heavy atom. The number of amides is 1. The van der Waals surface area contributed by atoms with Crippen molar-refractivity contribution < 1.29 is 4.79 Å². The Kier molecular flexibility index (Phi) is 5.28. The molecule has 0 bridgehead atoms. The predicted molar refractivity (Wildman–Crippen MR) is 111 cm³/mol. The largest absolute Gasteiger partial charge is 0.293 e. The van der Waals surface area contributed by atoms with Gasteiger partial charge < -0.3 is 0 Å². The van der Waals surface area contributed by atoms with Gasteiger partial charge in [0.2, 0.25) is 0 Å². The maximum absolute atomic E-state index is 13.2. The molecule has 2 aliphatic rings. The van der Waals surface area contributed by atoms with Crippen LogP contribution in [-0.2, 0) is 4.79 Å². The van der Waals surface area contributed by atoms with Crippen LogP contribution in [-0.4, -0.2) is 36.3 Å². The highest BCUT2D eigenvalue weighted by molar-refractivity contribution is 6.54. The zero-order chi connectivity index (χ0) is 18.8. The van der Waals surface area contributed by atoms with Gasteiger partial charge in [-0.2, -0.15) is 0 Å². The van der Waals surface area contributed by atoms with Crippen LogP contribution in [0.1, 0.15) is 37.7 Å². The van der Waals surface area contributed by atoms with E-state index >= 15 is 0 Å². The van der Waals surface area contributed by atoms with Crippen molar-refractivity contribution in [3.8, 4) is 0 Å². The van der Waals surface area contributed by atoms with E-state index in [4.69, 9.17) is 11.6 Å². The number of carbonyl (C=O) groups is 1. The van der Waals surface area contributed by atoms with Gasteiger partial charge in [-0.05, 0) is 44.2 Å². The quantitative estimate of drug-likeness (QED) is 0.744. The number of halogens is 1. The first-order chi connectivity index (χ1) is 13.1. The van der Waals surface area contributed by atoms with Crippen LogP contribution in [0, 0.1) is 0 Å². The van der Waals surface area contributed by atoms with Gasteiger partial charge in [-0.1, -0.05) is 55.1 Å². The molecule has 27 heavy (non-hydrogen) atoms. The highest BCUT2D eigenvalue weighted by atomic mass is 35.5. The molecule has 1 fully saturated rings. The lowest BCUT2D eigenvalue weighted by atomic mass is 9.95. The molecule has 0 saturated heterocycles. The average Bonchev–Trinajstić information content (AvgIpc) is 2.95. The minimum Gasteiger partial charge on any atom is -0.293 e. The smallest absolute Gasteiger partial charge is 0.278 e. The molecule has 1 aliphatic carbocycles. The molecule has 4 nitrogen and oxygen atoms in total. The molecule has 0 spiro atoms. The third-order valence-electron chi connectivity index (χ3n) is 5.51. The van der Waals surface area contributed by atoms with Gasteiger partial charge in [0.15, 0.2) is 0 Å². The number of hydrogen-bond donors (Lipinski definition) is 0. The minimum absolute atomic E-state index is 0.0427. The van der Waals surface area contributed by atoms with Crippen LogP contribution in [0.15, 0.2) is 53.5 Å². The maximum Gasteiger partial charge on any atom is 0.278 e. The number of para-hydroxylation sites is 1. The normalized spacial score (nSPS) is 19.1. The molecule has 0 N–H and O–H groups in total. The predicted octanol–water partition coefficient (Wildman–Crippen LogP) is 5.03. The zero-order valence-electron chi connectivity index (χ0n) is 15.6. The first-order valence-corrected chi connectivity index (χ1v) is 9.97. The number of benzene rings is 2. The van der Waals surface area contributed by atoms with Crippen molar-refractivity contribution in [1.82, 2.24) is 4.90 Å². The van der Waals surface area contributed by atoms with Gasteiger partial charge in [-0.15, -0.1) is 0 Å². The summed E-state index contributed by atoms with van der Waals surface area (Å²) in [6.07, 6.45) is 6.31. The molecule has 0 radical (unpaired) electrons. The fraction of sp³-hybridized carbons (Fsp3) is 0.364. The van der Waals surface area contributed by atoms with Crippen molar-refractivity contribution in [1.29, 1.82) is 0 Å². The molecule has 4 rings (SSSR count). The summed E-state index contributed by atoms with van der Waals surface area (Å²) in [7, 11) is 2.12. The first kappa shape index (κ1) is 18.2. The Labute approximate surface area is 165 Å². The van der Waals surface area contributed by atoms with E-state index in [9.17, 15) is 4.79 Å². The van der Waals surface area contributed by atoms with Crippen molar-refractivity contribution >= 4 is 34.6 Å². The van der Waals surface area contributed by atoms with Crippen LogP contribution in [0.2, 0.25) is 5.02 Å². The van der Waals surface area contributed by atoms with Gasteiger partial charge in [0.1, 0.15) is 5.71 Å². The van der Waals surface area contributed by atoms with E-state index in [1.54, 1.807) is 12.1 Å². The number of anilines is 1. The molecule has 0 atom stereocenters. The second-order valence-electron chi connectivity index (χ2n) is 7.38. The van der Waals surface area contributed by atoms with Crippen LogP contribution in [0.5, 0.6) is 0 Å².